The van der Waals surface area contributed by atoms with Gasteiger partial charge in [-0.25, -0.2) is 5.43 Å². The molecule has 0 saturated heterocycles. The number of nitrogens with one attached hydrogen (secondary N) is 1. The molecule has 3 nitrogen and oxygen atoms in total. The Balaban J connectivity index is 2.11. The molecule has 1 unspecified atom stereocenters. The van der Waals surface area contributed by atoms with Crippen LogP contribution in [0, 0.1) is 12.8 Å². The van der Waals surface area contributed by atoms with Crippen LogP contribution in [0.3, 0.4) is 0 Å². The van der Waals surface area contributed by atoms with E-state index in [4.69, 9.17) is 0 Å². The van der Waals surface area contributed by atoms with Crippen molar-refractivity contribution >= 4 is 27.5 Å². The predicted molar refractivity (Wildman–Crippen MR) is 95.1 cm³/mol. The lowest BCUT2D eigenvalue weighted by molar-refractivity contribution is 0.0954. The molecule has 2 rings (SSSR count). The van der Waals surface area contributed by atoms with Crippen LogP contribution in [-0.2, 0) is 0 Å². The molecule has 0 radical (unpaired) electrons. The smallest absolute Gasteiger partial charge is 0.267 e. The third-order valence-corrected chi connectivity index (χ3v) is 4.88. The first-order valence-corrected chi connectivity index (χ1v) is 8.13. The second-order valence-electron chi connectivity index (χ2n) is 5.83. The average Bonchev–Trinajstić information content (AvgIpc) is 2.48. The zero-order chi connectivity index (χ0) is 16.3. The Labute approximate surface area is 140 Å². The Hall–Kier alpha value is -1.68. The van der Waals surface area contributed by atoms with Gasteiger partial charge in [0.25, 0.3) is 5.91 Å². The summed E-state index contributed by atoms with van der Waals surface area (Å²) in [5.74, 6) is 0.214. The normalized spacial score (nSPS) is 19.7. The Kier molecular flexibility index (Phi) is 5.35. The number of carbonyl (C=O) groups excluding carboxylic acids is 1. The first-order chi connectivity index (χ1) is 10.4. The van der Waals surface area contributed by atoms with Crippen LogP contribution in [0.2, 0.25) is 0 Å². The average molecular weight is 361 g/mol. The van der Waals surface area contributed by atoms with E-state index in [0.717, 1.165) is 39.7 Å². The summed E-state index contributed by atoms with van der Waals surface area (Å²) in [4.78, 5) is 12.2. The topological polar surface area (TPSA) is 41.5 Å². The van der Waals surface area contributed by atoms with Crippen LogP contribution in [0.25, 0.3) is 0 Å². The summed E-state index contributed by atoms with van der Waals surface area (Å²) in [6.07, 6.45) is 3.99. The van der Waals surface area contributed by atoms with Crippen molar-refractivity contribution in [3.63, 3.8) is 0 Å². The molecule has 1 aliphatic rings. The Morgan fingerprint density at radius 2 is 2.14 bits per heavy atom. The number of amides is 1. The van der Waals surface area contributed by atoms with E-state index >= 15 is 0 Å². The Morgan fingerprint density at radius 1 is 1.41 bits per heavy atom. The van der Waals surface area contributed by atoms with E-state index in [-0.39, 0.29) is 5.91 Å². The second kappa shape index (κ2) is 7.05. The molecule has 116 valence electrons. The number of hydrogen-bond donors (Lipinski definition) is 1. The quantitative estimate of drug-likeness (QED) is 0.611. The number of carbonyl (C=O) groups is 1. The summed E-state index contributed by atoms with van der Waals surface area (Å²) in [6.45, 7) is 10.1. The molecule has 4 heteroatoms. The molecule has 1 aromatic rings. The maximum atomic E-state index is 12.2. The van der Waals surface area contributed by atoms with Crippen LogP contribution in [0.4, 0.5) is 0 Å². The first-order valence-electron chi connectivity index (χ1n) is 7.34. The lowest BCUT2D eigenvalue weighted by atomic mass is 9.85. The van der Waals surface area contributed by atoms with E-state index < -0.39 is 0 Å². The Bertz CT molecular complexity index is 674. The van der Waals surface area contributed by atoms with Gasteiger partial charge in [-0.1, -0.05) is 40.2 Å². The molecule has 0 heterocycles. The van der Waals surface area contributed by atoms with Crippen LogP contribution in [0.1, 0.15) is 42.6 Å². The minimum Gasteiger partial charge on any atom is -0.267 e. The van der Waals surface area contributed by atoms with Gasteiger partial charge in [0.1, 0.15) is 0 Å². The fourth-order valence-corrected chi connectivity index (χ4v) is 2.72. The van der Waals surface area contributed by atoms with Crippen molar-refractivity contribution < 1.29 is 4.79 Å². The number of aryl methyl sites for hydroxylation is 1. The van der Waals surface area contributed by atoms with Crippen molar-refractivity contribution in [2.24, 2.45) is 11.0 Å². The lowest BCUT2D eigenvalue weighted by Crippen LogP contribution is -2.23. The van der Waals surface area contributed by atoms with Gasteiger partial charge in [0.2, 0.25) is 0 Å². The predicted octanol–water partition coefficient (Wildman–Crippen LogP) is 4.78. The number of hydrazone groups is 1. The highest BCUT2D eigenvalue weighted by atomic mass is 79.9. The number of benzene rings is 1. The summed E-state index contributed by atoms with van der Waals surface area (Å²) >= 11 is 3.44. The minimum absolute atomic E-state index is 0.196. The van der Waals surface area contributed by atoms with Crippen LogP contribution >= 0.6 is 15.9 Å². The van der Waals surface area contributed by atoms with Gasteiger partial charge in [-0.15, -0.1) is 0 Å². The molecule has 0 spiro atoms. The zero-order valence-corrected chi connectivity index (χ0v) is 14.8. The maximum absolute atomic E-state index is 12.2. The number of nitrogens with zero attached hydrogens (tertiary/aromatic N) is 1. The molecule has 0 aromatic heterocycles. The highest BCUT2D eigenvalue weighted by Gasteiger charge is 2.19. The molecule has 0 aliphatic heterocycles. The summed E-state index contributed by atoms with van der Waals surface area (Å²) in [6, 6.07) is 5.52. The monoisotopic (exact) mass is 360 g/mol. The highest BCUT2D eigenvalue weighted by molar-refractivity contribution is 9.10. The van der Waals surface area contributed by atoms with Crippen molar-refractivity contribution in [1.29, 1.82) is 0 Å². The minimum atomic E-state index is -0.196. The molecule has 0 fully saturated rings. The molecule has 1 amide bonds. The van der Waals surface area contributed by atoms with Gasteiger partial charge in [0.05, 0.1) is 5.71 Å². The molecular formula is C18H21BrN2O. The molecule has 22 heavy (non-hydrogen) atoms. The highest BCUT2D eigenvalue weighted by Crippen LogP contribution is 2.26. The van der Waals surface area contributed by atoms with E-state index in [9.17, 15) is 4.79 Å². The third kappa shape index (κ3) is 3.95. The largest absolute Gasteiger partial charge is 0.271 e. The van der Waals surface area contributed by atoms with Gasteiger partial charge < -0.3 is 0 Å². The van der Waals surface area contributed by atoms with E-state index in [1.165, 1.54) is 0 Å². The Morgan fingerprint density at radius 3 is 2.77 bits per heavy atom. The van der Waals surface area contributed by atoms with Crippen molar-refractivity contribution in [2.45, 2.75) is 33.6 Å². The van der Waals surface area contributed by atoms with E-state index in [2.05, 4.69) is 39.1 Å². The first kappa shape index (κ1) is 16.7. The van der Waals surface area contributed by atoms with E-state index in [1.54, 1.807) is 6.07 Å². The van der Waals surface area contributed by atoms with E-state index in [0.29, 0.717) is 11.5 Å². The van der Waals surface area contributed by atoms with Crippen LogP contribution in [0.5, 0.6) is 0 Å². The van der Waals surface area contributed by atoms with Gasteiger partial charge >= 0.3 is 0 Å². The molecule has 0 bridgehead atoms. The van der Waals surface area contributed by atoms with Crippen molar-refractivity contribution in [1.82, 2.24) is 5.43 Å². The molecule has 1 atom stereocenters. The summed E-state index contributed by atoms with van der Waals surface area (Å²) < 4.78 is 0.920. The lowest BCUT2D eigenvalue weighted by Gasteiger charge is -2.22. The second-order valence-corrected chi connectivity index (χ2v) is 6.69. The van der Waals surface area contributed by atoms with Crippen molar-refractivity contribution in [2.75, 3.05) is 0 Å². The summed E-state index contributed by atoms with van der Waals surface area (Å²) in [7, 11) is 0. The molecule has 0 saturated carbocycles. The number of halogens is 1. The fraction of sp³-hybridized carbons (Fsp3) is 0.333. The molecule has 1 aromatic carbocycles. The van der Waals surface area contributed by atoms with Crippen LogP contribution in [-0.4, -0.2) is 11.6 Å². The standard InChI is InChI=1S/C18H21BrN2O/c1-11(2)14-7-6-13(4)17(10-14)20-21-18(22)15-8-5-12(3)16(19)9-15/h5-6,8-9,14H,1,7,10H2,2-4H3,(H,21,22)/b20-17-. The number of rotatable bonds is 3. The number of allylic oxidation sites excluding steroid dienone is 3. The number of hydrogen-bond acceptors (Lipinski definition) is 2. The molecule has 1 aliphatic carbocycles. The van der Waals surface area contributed by atoms with Crippen molar-refractivity contribution in [3.8, 4) is 0 Å². The van der Waals surface area contributed by atoms with Crippen LogP contribution < -0.4 is 5.43 Å². The fourth-order valence-electron chi connectivity index (χ4n) is 2.34. The molecular weight excluding hydrogens is 340 g/mol. The van der Waals surface area contributed by atoms with Gasteiger partial charge in [-0.05, 0) is 62.8 Å². The van der Waals surface area contributed by atoms with Gasteiger partial charge in [-0.2, -0.15) is 5.10 Å². The SMILES string of the molecule is C=C(C)C1CC=C(C)/C(=N\NC(=O)c2ccc(C)c(Br)c2)C1. The summed E-state index contributed by atoms with van der Waals surface area (Å²) in [5.41, 5.74) is 7.57. The van der Waals surface area contributed by atoms with Gasteiger partial charge in [-0.3, -0.25) is 4.79 Å². The van der Waals surface area contributed by atoms with E-state index in [1.807, 2.05) is 32.9 Å². The summed E-state index contributed by atoms with van der Waals surface area (Å²) in [5, 5.41) is 4.32. The van der Waals surface area contributed by atoms with Gasteiger partial charge in [0.15, 0.2) is 0 Å². The molecule has 1 N–H and O–H groups in total. The zero-order valence-electron chi connectivity index (χ0n) is 13.2. The van der Waals surface area contributed by atoms with Crippen molar-refractivity contribution in [3.05, 3.63) is 57.6 Å². The maximum Gasteiger partial charge on any atom is 0.271 e. The van der Waals surface area contributed by atoms with Gasteiger partial charge in [0, 0.05) is 10.0 Å². The third-order valence-electron chi connectivity index (χ3n) is 4.03. The van der Waals surface area contributed by atoms with Crippen LogP contribution in [0.15, 0.2) is 51.6 Å².